The third-order valence-corrected chi connectivity index (χ3v) is 4.76. The smallest absolute Gasteiger partial charge is 0.269 e. The van der Waals surface area contributed by atoms with E-state index in [1.165, 1.54) is 18.2 Å². The van der Waals surface area contributed by atoms with E-state index < -0.39 is 28.7 Å². The first-order valence-corrected chi connectivity index (χ1v) is 9.37. The number of nitrogens with two attached hydrogens (primary N) is 1. The zero-order valence-corrected chi connectivity index (χ0v) is 16.1. The molecule has 3 aromatic rings. The van der Waals surface area contributed by atoms with Gasteiger partial charge in [0, 0.05) is 18.1 Å². The van der Waals surface area contributed by atoms with E-state index in [0.29, 0.717) is 5.56 Å². The minimum absolute atomic E-state index is 0.0989. The molecule has 30 heavy (non-hydrogen) atoms. The average Bonchev–Trinajstić information content (AvgIpc) is 2.75. The summed E-state index contributed by atoms with van der Waals surface area (Å²) in [6.45, 7) is 0. The fraction of sp³-hybridized carbons (Fsp3) is 0.130. The van der Waals surface area contributed by atoms with Crippen LogP contribution in [0.25, 0.3) is 0 Å². The third-order valence-electron chi connectivity index (χ3n) is 4.76. The van der Waals surface area contributed by atoms with Gasteiger partial charge in [0.15, 0.2) is 0 Å². The van der Waals surface area contributed by atoms with Gasteiger partial charge in [-0.3, -0.25) is 19.7 Å². The van der Waals surface area contributed by atoms with Crippen molar-refractivity contribution in [1.29, 1.82) is 0 Å². The highest BCUT2D eigenvalue weighted by Crippen LogP contribution is 2.28. The van der Waals surface area contributed by atoms with Crippen LogP contribution in [-0.2, 0) is 16.0 Å². The number of benzene rings is 3. The van der Waals surface area contributed by atoms with E-state index in [0.717, 1.165) is 11.1 Å². The number of amides is 2. The van der Waals surface area contributed by atoms with Crippen molar-refractivity contribution < 1.29 is 14.5 Å². The van der Waals surface area contributed by atoms with Crippen molar-refractivity contribution >= 4 is 17.5 Å². The van der Waals surface area contributed by atoms with E-state index in [9.17, 15) is 19.7 Å². The predicted molar refractivity (Wildman–Crippen MR) is 113 cm³/mol. The SMILES string of the molecule is NC(=O)[C@H](NC(=O)Cc1cccc([N+](=O)[O-])c1)C(c1ccccc1)c1ccccc1. The van der Waals surface area contributed by atoms with Crippen LogP contribution in [0.15, 0.2) is 84.9 Å². The lowest BCUT2D eigenvalue weighted by atomic mass is 9.84. The number of hydrogen-bond donors (Lipinski definition) is 2. The summed E-state index contributed by atoms with van der Waals surface area (Å²) < 4.78 is 0. The number of primary amides is 1. The molecular weight excluding hydrogens is 382 g/mol. The van der Waals surface area contributed by atoms with Crippen LogP contribution in [0.5, 0.6) is 0 Å². The summed E-state index contributed by atoms with van der Waals surface area (Å²) in [5, 5.41) is 13.7. The van der Waals surface area contributed by atoms with Gasteiger partial charge >= 0.3 is 0 Å². The van der Waals surface area contributed by atoms with Gasteiger partial charge in [0.25, 0.3) is 5.69 Å². The Bertz CT molecular complexity index is 999. The van der Waals surface area contributed by atoms with Gasteiger partial charge in [-0.25, -0.2) is 0 Å². The van der Waals surface area contributed by atoms with Crippen molar-refractivity contribution in [3.63, 3.8) is 0 Å². The molecule has 3 N–H and O–H groups in total. The molecule has 3 aromatic carbocycles. The van der Waals surface area contributed by atoms with E-state index in [1.807, 2.05) is 60.7 Å². The number of nitro groups is 1. The van der Waals surface area contributed by atoms with Gasteiger partial charge in [-0.1, -0.05) is 72.8 Å². The first kappa shape index (κ1) is 20.7. The Morgan fingerprint density at radius 1 is 0.900 bits per heavy atom. The zero-order valence-electron chi connectivity index (χ0n) is 16.1. The first-order chi connectivity index (χ1) is 14.5. The predicted octanol–water partition coefficient (Wildman–Crippen LogP) is 2.94. The van der Waals surface area contributed by atoms with Crippen LogP contribution in [0.1, 0.15) is 22.6 Å². The summed E-state index contributed by atoms with van der Waals surface area (Å²) >= 11 is 0. The van der Waals surface area contributed by atoms with Crippen molar-refractivity contribution in [3.8, 4) is 0 Å². The van der Waals surface area contributed by atoms with Crippen molar-refractivity contribution in [3.05, 3.63) is 112 Å². The van der Waals surface area contributed by atoms with Crippen LogP contribution >= 0.6 is 0 Å². The number of nitro benzene ring substituents is 1. The molecule has 0 heterocycles. The molecule has 0 aliphatic carbocycles. The second-order valence-electron chi connectivity index (χ2n) is 6.85. The Kier molecular flexibility index (Phi) is 6.54. The van der Waals surface area contributed by atoms with Gasteiger partial charge in [0.2, 0.25) is 11.8 Å². The Morgan fingerprint density at radius 3 is 1.97 bits per heavy atom. The van der Waals surface area contributed by atoms with Crippen LogP contribution in [-0.4, -0.2) is 22.8 Å². The molecule has 0 aliphatic rings. The second kappa shape index (κ2) is 9.47. The first-order valence-electron chi connectivity index (χ1n) is 9.37. The number of nitrogens with one attached hydrogen (secondary N) is 1. The van der Waals surface area contributed by atoms with Gasteiger partial charge in [0.1, 0.15) is 6.04 Å². The summed E-state index contributed by atoms with van der Waals surface area (Å²) in [4.78, 5) is 35.5. The van der Waals surface area contributed by atoms with E-state index in [2.05, 4.69) is 5.32 Å². The normalized spacial score (nSPS) is 11.6. The van der Waals surface area contributed by atoms with Crippen LogP contribution in [0.4, 0.5) is 5.69 Å². The maximum absolute atomic E-state index is 12.7. The molecule has 2 amide bonds. The molecule has 0 aliphatic heterocycles. The van der Waals surface area contributed by atoms with Gasteiger partial charge < -0.3 is 11.1 Å². The van der Waals surface area contributed by atoms with Crippen molar-refractivity contribution in [2.75, 3.05) is 0 Å². The lowest BCUT2D eigenvalue weighted by molar-refractivity contribution is -0.384. The van der Waals surface area contributed by atoms with E-state index in [4.69, 9.17) is 5.73 Å². The number of hydrogen-bond acceptors (Lipinski definition) is 4. The molecule has 7 nitrogen and oxygen atoms in total. The monoisotopic (exact) mass is 403 g/mol. The minimum Gasteiger partial charge on any atom is -0.368 e. The Hall–Kier alpha value is -4.00. The Balaban J connectivity index is 1.87. The molecule has 0 fully saturated rings. The fourth-order valence-corrected chi connectivity index (χ4v) is 3.41. The lowest BCUT2D eigenvalue weighted by Crippen LogP contribution is -2.49. The van der Waals surface area contributed by atoms with Crippen LogP contribution in [0, 0.1) is 10.1 Å². The molecule has 0 saturated heterocycles. The highest BCUT2D eigenvalue weighted by Gasteiger charge is 2.30. The summed E-state index contributed by atoms with van der Waals surface area (Å²) in [6.07, 6.45) is -0.109. The summed E-state index contributed by atoms with van der Waals surface area (Å²) in [5.74, 6) is -1.59. The van der Waals surface area contributed by atoms with Crippen LogP contribution in [0.3, 0.4) is 0 Å². The number of carbonyl (C=O) groups is 2. The largest absolute Gasteiger partial charge is 0.368 e. The van der Waals surface area contributed by atoms with Crippen molar-refractivity contribution in [1.82, 2.24) is 5.32 Å². The number of non-ortho nitro benzene ring substituents is 1. The van der Waals surface area contributed by atoms with Crippen LogP contribution < -0.4 is 11.1 Å². The molecular formula is C23H21N3O4. The quantitative estimate of drug-likeness (QED) is 0.444. The summed E-state index contributed by atoms with van der Waals surface area (Å²) in [7, 11) is 0. The third kappa shape index (κ3) is 5.08. The van der Waals surface area contributed by atoms with Crippen LogP contribution in [0.2, 0.25) is 0 Å². The number of nitrogens with zero attached hydrogens (tertiary/aromatic N) is 1. The van der Waals surface area contributed by atoms with Gasteiger partial charge in [-0.2, -0.15) is 0 Å². The molecule has 0 unspecified atom stereocenters. The van der Waals surface area contributed by atoms with Crippen molar-refractivity contribution in [2.45, 2.75) is 18.4 Å². The van der Waals surface area contributed by atoms with Gasteiger partial charge in [-0.15, -0.1) is 0 Å². The average molecular weight is 403 g/mol. The highest BCUT2D eigenvalue weighted by molar-refractivity contribution is 5.89. The maximum atomic E-state index is 12.7. The van der Waals surface area contributed by atoms with Crippen molar-refractivity contribution in [2.24, 2.45) is 5.73 Å². The minimum atomic E-state index is -0.985. The molecule has 0 bridgehead atoms. The number of rotatable bonds is 8. The molecule has 7 heteroatoms. The lowest BCUT2D eigenvalue weighted by Gasteiger charge is -2.27. The molecule has 0 aromatic heterocycles. The van der Waals surface area contributed by atoms with E-state index >= 15 is 0 Å². The van der Waals surface area contributed by atoms with E-state index in [-0.39, 0.29) is 12.1 Å². The molecule has 0 radical (unpaired) electrons. The Labute approximate surface area is 173 Å². The zero-order chi connectivity index (χ0) is 21.5. The Morgan fingerprint density at radius 2 is 1.47 bits per heavy atom. The second-order valence-corrected chi connectivity index (χ2v) is 6.85. The summed E-state index contributed by atoms with van der Waals surface area (Å²) in [5.41, 5.74) is 7.72. The number of carbonyl (C=O) groups excluding carboxylic acids is 2. The van der Waals surface area contributed by atoms with Gasteiger partial charge in [-0.05, 0) is 16.7 Å². The molecule has 152 valence electrons. The molecule has 1 atom stereocenters. The maximum Gasteiger partial charge on any atom is 0.269 e. The topological polar surface area (TPSA) is 115 Å². The van der Waals surface area contributed by atoms with Gasteiger partial charge in [0.05, 0.1) is 11.3 Å². The standard InChI is InChI=1S/C23H21N3O4/c24-23(28)22(25-20(27)15-16-8-7-13-19(14-16)26(29)30)21(17-9-3-1-4-10-17)18-11-5-2-6-12-18/h1-14,21-22H,15H2,(H2,24,28)(H,25,27)/t22-/m1/s1. The molecule has 3 rings (SSSR count). The van der Waals surface area contributed by atoms with E-state index in [1.54, 1.807) is 6.07 Å². The highest BCUT2D eigenvalue weighted by atomic mass is 16.6. The fourth-order valence-electron chi connectivity index (χ4n) is 3.41. The molecule has 0 saturated carbocycles. The molecule has 0 spiro atoms. The summed E-state index contributed by atoms with van der Waals surface area (Å²) in [6, 6.07) is 23.5.